The van der Waals surface area contributed by atoms with Crippen molar-refractivity contribution in [3.05, 3.63) is 17.0 Å². The molecule has 0 aliphatic rings. The lowest BCUT2D eigenvalue weighted by molar-refractivity contribution is -0.127. The van der Waals surface area contributed by atoms with Crippen LogP contribution in [0.1, 0.15) is 36.7 Å². The first-order valence-corrected chi connectivity index (χ1v) is 8.58. The first-order chi connectivity index (χ1) is 11.4. The molecule has 7 heteroatoms. The summed E-state index contributed by atoms with van der Waals surface area (Å²) in [5.41, 5.74) is 3.65. The van der Waals surface area contributed by atoms with Crippen molar-refractivity contribution in [1.29, 1.82) is 0 Å². The molecule has 0 bridgehead atoms. The molecule has 1 heterocycles. The Hall–Kier alpha value is -2.05. The Kier molecular flexibility index (Phi) is 8.29. The van der Waals surface area contributed by atoms with Gasteiger partial charge in [0.05, 0.1) is 5.69 Å². The van der Waals surface area contributed by atoms with E-state index >= 15 is 0 Å². The van der Waals surface area contributed by atoms with Crippen molar-refractivity contribution in [2.24, 2.45) is 12.0 Å². The number of hydrogen-bond donors (Lipinski definition) is 2. The topological polar surface area (TPSA) is 74.6 Å². The molecule has 0 aliphatic carbocycles. The fourth-order valence-electron chi connectivity index (χ4n) is 2.36. The standard InChI is InChI=1S/C17H32N6O/c1-7-10-18-17(20-12-16(24)22(4)5)19-11-8-9-15-13(2)21-23(6)14(15)3/h7-12H2,1-6H3,(H2,18,19,20). The average Bonchev–Trinajstić information content (AvgIpc) is 2.78. The molecular formula is C17H32N6O. The third kappa shape index (κ3) is 6.22. The Morgan fingerprint density at radius 2 is 1.92 bits per heavy atom. The Morgan fingerprint density at radius 1 is 1.25 bits per heavy atom. The van der Waals surface area contributed by atoms with Crippen LogP contribution in [-0.2, 0) is 18.3 Å². The number of carbonyl (C=O) groups excluding carboxylic acids is 1. The Balaban J connectivity index is 2.49. The van der Waals surface area contributed by atoms with Crippen LogP contribution in [0.25, 0.3) is 0 Å². The van der Waals surface area contributed by atoms with Gasteiger partial charge in [-0.2, -0.15) is 5.10 Å². The van der Waals surface area contributed by atoms with Gasteiger partial charge >= 0.3 is 0 Å². The smallest absolute Gasteiger partial charge is 0.243 e. The SMILES string of the molecule is CCCNC(=NCC(=O)N(C)C)NCCCc1c(C)nn(C)c1C. The molecule has 0 radical (unpaired) electrons. The number of guanidine groups is 1. The van der Waals surface area contributed by atoms with Crippen LogP contribution in [-0.4, -0.2) is 60.3 Å². The van der Waals surface area contributed by atoms with E-state index in [4.69, 9.17) is 0 Å². The van der Waals surface area contributed by atoms with E-state index in [9.17, 15) is 4.79 Å². The van der Waals surface area contributed by atoms with Crippen LogP contribution >= 0.6 is 0 Å². The average molecular weight is 336 g/mol. The second kappa shape index (κ2) is 9.95. The molecule has 1 amide bonds. The molecule has 0 saturated heterocycles. The summed E-state index contributed by atoms with van der Waals surface area (Å²) in [6, 6.07) is 0. The normalized spacial score (nSPS) is 11.5. The van der Waals surface area contributed by atoms with Crippen molar-refractivity contribution >= 4 is 11.9 Å². The lowest BCUT2D eigenvalue weighted by atomic mass is 10.1. The molecule has 24 heavy (non-hydrogen) atoms. The number of aromatic nitrogens is 2. The molecule has 0 fully saturated rings. The number of carbonyl (C=O) groups is 1. The number of rotatable bonds is 8. The number of amides is 1. The van der Waals surface area contributed by atoms with E-state index in [2.05, 4.69) is 41.5 Å². The molecule has 0 unspecified atom stereocenters. The van der Waals surface area contributed by atoms with Gasteiger partial charge in [0.2, 0.25) is 5.91 Å². The van der Waals surface area contributed by atoms with Gasteiger partial charge < -0.3 is 15.5 Å². The predicted octanol–water partition coefficient (Wildman–Crippen LogP) is 1.00. The quantitative estimate of drug-likeness (QED) is 0.422. The van der Waals surface area contributed by atoms with Gasteiger partial charge in [-0.1, -0.05) is 6.92 Å². The number of aryl methyl sites for hydroxylation is 2. The van der Waals surface area contributed by atoms with Gasteiger partial charge in [0.25, 0.3) is 0 Å². The minimum absolute atomic E-state index is 0.00536. The number of likely N-dealkylation sites (N-methyl/N-ethyl adjacent to an activating group) is 1. The summed E-state index contributed by atoms with van der Waals surface area (Å²) >= 11 is 0. The molecule has 0 atom stereocenters. The molecule has 1 aromatic heterocycles. The summed E-state index contributed by atoms with van der Waals surface area (Å²) in [6.07, 6.45) is 2.98. The summed E-state index contributed by atoms with van der Waals surface area (Å²) in [5.74, 6) is 0.695. The maximum atomic E-state index is 11.7. The van der Waals surface area contributed by atoms with Gasteiger partial charge in [-0.25, -0.2) is 4.99 Å². The molecule has 0 aromatic carbocycles. The highest BCUT2D eigenvalue weighted by Crippen LogP contribution is 2.13. The molecular weight excluding hydrogens is 304 g/mol. The van der Waals surface area contributed by atoms with Crippen molar-refractivity contribution < 1.29 is 4.79 Å². The Morgan fingerprint density at radius 3 is 2.46 bits per heavy atom. The van der Waals surface area contributed by atoms with Crippen molar-refractivity contribution in [2.45, 2.75) is 40.0 Å². The van der Waals surface area contributed by atoms with Crippen LogP contribution in [0, 0.1) is 13.8 Å². The van der Waals surface area contributed by atoms with Crippen LogP contribution in [0.15, 0.2) is 4.99 Å². The molecule has 0 spiro atoms. The molecule has 1 aromatic rings. The number of hydrogen-bond acceptors (Lipinski definition) is 3. The fraction of sp³-hybridized carbons (Fsp3) is 0.706. The molecule has 7 nitrogen and oxygen atoms in total. The summed E-state index contributed by atoms with van der Waals surface area (Å²) in [4.78, 5) is 17.6. The monoisotopic (exact) mass is 336 g/mol. The Labute approximate surface area is 145 Å². The van der Waals surface area contributed by atoms with E-state index in [0.29, 0.717) is 5.96 Å². The van der Waals surface area contributed by atoms with Crippen molar-refractivity contribution in [2.75, 3.05) is 33.7 Å². The minimum Gasteiger partial charge on any atom is -0.356 e. The maximum Gasteiger partial charge on any atom is 0.243 e. The fourth-order valence-corrected chi connectivity index (χ4v) is 2.36. The van der Waals surface area contributed by atoms with Crippen molar-refractivity contribution in [3.63, 3.8) is 0 Å². The summed E-state index contributed by atoms with van der Waals surface area (Å²) in [5, 5.41) is 11.0. The predicted molar refractivity (Wildman–Crippen MR) is 98.3 cm³/mol. The van der Waals surface area contributed by atoms with Crippen LogP contribution < -0.4 is 10.6 Å². The van der Waals surface area contributed by atoms with Crippen LogP contribution in [0.5, 0.6) is 0 Å². The second-order valence-electron chi connectivity index (χ2n) is 6.18. The zero-order valence-electron chi connectivity index (χ0n) is 15.9. The van der Waals surface area contributed by atoms with Gasteiger partial charge in [-0.3, -0.25) is 9.48 Å². The van der Waals surface area contributed by atoms with Crippen molar-refractivity contribution in [3.8, 4) is 0 Å². The highest BCUT2D eigenvalue weighted by Gasteiger charge is 2.09. The largest absolute Gasteiger partial charge is 0.356 e. The lowest BCUT2D eigenvalue weighted by Gasteiger charge is -2.13. The first kappa shape index (κ1) is 20.0. The first-order valence-electron chi connectivity index (χ1n) is 8.58. The highest BCUT2D eigenvalue weighted by atomic mass is 16.2. The van der Waals surface area contributed by atoms with Gasteiger partial charge in [-0.15, -0.1) is 0 Å². The lowest BCUT2D eigenvalue weighted by Crippen LogP contribution is -2.39. The highest BCUT2D eigenvalue weighted by molar-refractivity contribution is 5.84. The summed E-state index contributed by atoms with van der Waals surface area (Å²) in [7, 11) is 5.46. The third-order valence-corrected chi connectivity index (χ3v) is 3.97. The van der Waals surface area contributed by atoms with E-state index in [0.717, 1.165) is 38.0 Å². The van der Waals surface area contributed by atoms with Crippen molar-refractivity contribution in [1.82, 2.24) is 25.3 Å². The van der Waals surface area contributed by atoms with E-state index in [-0.39, 0.29) is 12.5 Å². The van der Waals surface area contributed by atoms with E-state index in [1.807, 2.05) is 11.7 Å². The Bertz CT molecular complexity index is 562. The molecule has 0 saturated carbocycles. The van der Waals surface area contributed by atoms with Gasteiger partial charge in [0.1, 0.15) is 6.54 Å². The van der Waals surface area contributed by atoms with E-state index in [1.165, 1.54) is 11.3 Å². The summed E-state index contributed by atoms with van der Waals surface area (Å²) in [6.45, 7) is 8.06. The zero-order valence-corrected chi connectivity index (χ0v) is 15.9. The minimum atomic E-state index is -0.00536. The third-order valence-electron chi connectivity index (χ3n) is 3.97. The molecule has 136 valence electrons. The van der Waals surface area contributed by atoms with Gasteiger partial charge in [0.15, 0.2) is 5.96 Å². The zero-order chi connectivity index (χ0) is 18.1. The number of aliphatic imine (C=N–C) groups is 1. The van der Waals surface area contributed by atoms with Crippen LogP contribution in [0.2, 0.25) is 0 Å². The molecule has 0 aliphatic heterocycles. The van der Waals surface area contributed by atoms with E-state index < -0.39 is 0 Å². The number of nitrogens with zero attached hydrogens (tertiary/aromatic N) is 4. The number of nitrogens with one attached hydrogen (secondary N) is 2. The van der Waals surface area contributed by atoms with Gasteiger partial charge in [-0.05, 0) is 38.7 Å². The second-order valence-corrected chi connectivity index (χ2v) is 6.18. The van der Waals surface area contributed by atoms with Crippen LogP contribution in [0.4, 0.5) is 0 Å². The van der Waals surface area contributed by atoms with E-state index in [1.54, 1.807) is 19.0 Å². The van der Waals surface area contributed by atoms with Crippen LogP contribution in [0.3, 0.4) is 0 Å². The molecule has 1 rings (SSSR count). The van der Waals surface area contributed by atoms with Gasteiger partial charge in [0, 0.05) is 39.9 Å². The maximum absolute atomic E-state index is 11.7. The molecule has 2 N–H and O–H groups in total. The summed E-state index contributed by atoms with van der Waals surface area (Å²) < 4.78 is 1.93.